The molecule has 0 spiro atoms. The zero-order chi connectivity index (χ0) is 17.4. The van der Waals surface area contributed by atoms with Crippen molar-refractivity contribution < 1.29 is 9.53 Å². The molecule has 0 atom stereocenters. The van der Waals surface area contributed by atoms with Crippen molar-refractivity contribution in [3.8, 4) is 10.6 Å². The van der Waals surface area contributed by atoms with Gasteiger partial charge in [0, 0.05) is 15.5 Å². The van der Waals surface area contributed by atoms with Crippen molar-refractivity contribution >= 4 is 39.9 Å². The first-order chi connectivity index (χ1) is 12.2. The molecule has 2 aromatic heterocycles. The van der Waals surface area contributed by atoms with E-state index in [2.05, 4.69) is 15.2 Å². The van der Waals surface area contributed by atoms with Crippen LogP contribution in [0.2, 0.25) is 5.02 Å². The number of carbonyl (C=O) groups is 1. The van der Waals surface area contributed by atoms with Crippen LogP contribution in [0.5, 0.6) is 0 Å². The second-order valence-electron chi connectivity index (χ2n) is 5.77. The summed E-state index contributed by atoms with van der Waals surface area (Å²) in [7, 11) is 0. The van der Waals surface area contributed by atoms with Gasteiger partial charge in [-0.25, -0.2) is 14.8 Å². The van der Waals surface area contributed by atoms with E-state index >= 15 is 0 Å². The highest BCUT2D eigenvalue weighted by molar-refractivity contribution is 7.15. The van der Waals surface area contributed by atoms with Crippen LogP contribution in [0.4, 0.5) is 0 Å². The number of halogens is 1. The minimum absolute atomic E-state index is 0.0685. The second-order valence-corrected chi connectivity index (χ2v) is 7.29. The lowest BCUT2D eigenvalue weighted by atomic mass is 10.0. The van der Waals surface area contributed by atoms with Gasteiger partial charge in [-0.3, -0.25) is 0 Å². The summed E-state index contributed by atoms with van der Waals surface area (Å²) in [4.78, 5) is 22.2. The predicted molar refractivity (Wildman–Crippen MR) is 96.0 cm³/mol. The van der Waals surface area contributed by atoms with E-state index in [-0.39, 0.29) is 12.4 Å². The van der Waals surface area contributed by atoms with Crippen molar-refractivity contribution in [2.24, 2.45) is 0 Å². The summed E-state index contributed by atoms with van der Waals surface area (Å²) >= 11 is 7.94. The Morgan fingerprint density at radius 2 is 2.08 bits per heavy atom. The Balaban J connectivity index is 1.83. The predicted octanol–water partition coefficient (Wildman–Crippen LogP) is 3.86. The normalized spacial score (nSPS) is 13.7. The summed E-state index contributed by atoms with van der Waals surface area (Å²) in [6, 6.07) is 3.50. The number of carbonyl (C=O) groups excluding carboxylic acids is 1. The Hall–Kier alpha value is -2.12. The summed E-state index contributed by atoms with van der Waals surface area (Å²) in [6.45, 7) is 1.98. The monoisotopic (exact) mass is 374 g/mol. The van der Waals surface area contributed by atoms with E-state index in [0.29, 0.717) is 16.1 Å². The lowest BCUT2D eigenvalue weighted by Crippen LogP contribution is -2.11. The van der Waals surface area contributed by atoms with Gasteiger partial charge in [0.2, 0.25) is 0 Å². The van der Waals surface area contributed by atoms with Crippen LogP contribution in [0, 0.1) is 0 Å². The largest absolute Gasteiger partial charge is 0.460 e. The molecule has 0 fully saturated rings. The number of thiazole rings is 1. The van der Waals surface area contributed by atoms with Crippen molar-refractivity contribution in [1.29, 1.82) is 0 Å². The summed E-state index contributed by atoms with van der Waals surface area (Å²) in [5.41, 5.74) is 3.07. The van der Waals surface area contributed by atoms with Gasteiger partial charge in [-0.15, -0.1) is 21.5 Å². The number of esters is 1. The van der Waals surface area contributed by atoms with Gasteiger partial charge >= 0.3 is 5.97 Å². The molecule has 0 radical (unpaired) electrons. The van der Waals surface area contributed by atoms with Crippen LogP contribution in [0.15, 0.2) is 12.1 Å². The Labute approximate surface area is 153 Å². The minimum Gasteiger partial charge on any atom is -0.460 e. The first-order valence-corrected chi connectivity index (χ1v) is 9.35. The number of ether oxygens (including phenoxy) is 1. The number of rotatable bonds is 3. The molecule has 0 N–H and O–H groups in total. The van der Waals surface area contributed by atoms with Crippen LogP contribution in [0.25, 0.3) is 21.6 Å². The van der Waals surface area contributed by atoms with Crippen molar-refractivity contribution in [3.63, 3.8) is 0 Å². The first kappa shape index (κ1) is 16.4. The van der Waals surface area contributed by atoms with E-state index in [4.69, 9.17) is 21.3 Å². The maximum atomic E-state index is 11.8. The highest BCUT2D eigenvalue weighted by atomic mass is 35.5. The number of benzene rings is 1. The SMILES string of the molecule is CCOC(=O)c1nnc2c(-c3nc4c(s3)CCCC4)cc(Cl)cc2n1. The average molecular weight is 375 g/mol. The minimum atomic E-state index is -0.594. The molecule has 1 aliphatic carbocycles. The topological polar surface area (TPSA) is 77.9 Å². The summed E-state index contributed by atoms with van der Waals surface area (Å²) in [6.07, 6.45) is 4.47. The van der Waals surface area contributed by atoms with E-state index in [1.54, 1.807) is 24.3 Å². The Kier molecular flexibility index (Phi) is 4.35. The van der Waals surface area contributed by atoms with E-state index < -0.39 is 5.97 Å². The number of fused-ring (bicyclic) bond motifs is 2. The third kappa shape index (κ3) is 3.09. The van der Waals surface area contributed by atoms with Crippen molar-refractivity contribution in [2.45, 2.75) is 32.6 Å². The van der Waals surface area contributed by atoms with Crippen LogP contribution in [-0.4, -0.2) is 32.7 Å². The summed E-state index contributed by atoms with van der Waals surface area (Å²) in [5, 5.41) is 9.52. The first-order valence-electron chi connectivity index (χ1n) is 8.15. The fourth-order valence-corrected chi connectivity index (χ4v) is 4.30. The number of hydrogen-bond acceptors (Lipinski definition) is 7. The third-order valence-electron chi connectivity index (χ3n) is 4.06. The lowest BCUT2D eigenvalue weighted by Gasteiger charge is -2.06. The maximum absolute atomic E-state index is 11.8. The molecule has 1 aliphatic rings. The smallest absolute Gasteiger partial charge is 0.378 e. The molecule has 0 saturated carbocycles. The zero-order valence-corrected chi connectivity index (χ0v) is 15.2. The van der Waals surface area contributed by atoms with Crippen LogP contribution in [0.3, 0.4) is 0 Å². The van der Waals surface area contributed by atoms with Gasteiger partial charge in [0.15, 0.2) is 0 Å². The second kappa shape index (κ2) is 6.65. The number of nitrogens with zero attached hydrogens (tertiary/aromatic N) is 4. The Morgan fingerprint density at radius 1 is 1.24 bits per heavy atom. The maximum Gasteiger partial charge on any atom is 0.378 e. The molecule has 0 aliphatic heterocycles. The van der Waals surface area contributed by atoms with Gasteiger partial charge in [-0.2, -0.15) is 0 Å². The Morgan fingerprint density at radius 3 is 2.88 bits per heavy atom. The molecule has 25 heavy (non-hydrogen) atoms. The van der Waals surface area contributed by atoms with E-state index in [1.807, 2.05) is 6.07 Å². The molecule has 0 bridgehead atoms. The van der Waals surface area contributed by atoms with Gasteiger partial charge in [-0.05, 0) is 44.7 Å². The quantitative estimate of drug-likeness (QED) is 0.648. The number of aryl methyl sites for hydroxylation is 2. The highest BCUT2D eigenvalue weighted by Crippen LogP contribution is 2.36. The molecule has 3 aromatic rings. The fraction of sp³-hybridized carbons (Fsp3) is 0.353. The number of hydrogen-bond donors (Lipinski definition) is 0. The average Bonchev–Trinajstić information content (AvgIpc) is 3.04. The van der Waals surface area contributed by atoms with Gasteiger partial charge < -0.3 is 4.74 Å². The molecule has 0 saturated heterocycles. The molecule has 1 aromatic carbocycles. The molecule has 0 unspecified atom stereocenters. The lowest BCUT2D eigenvalue weighted by molar-refractivity contribution is 0.0511. The third-order valence-corrected chi connectivity index (χ3v) is 5.47. The van der Waals surface area contributed by atoms with Gasteiger partial charge in [-0.1, -0.05) is 11.6 Å². The van der Waals surface area contributed by atoms with E-state index in [9.17, 15) is 4.79 Å². The van der Waals surface area contributed by atoms with Crippen LogP contribution in [-0.2, 0) is 17.6 Å². The molecule has 8 heteroatoms. The van der Waals surface area contributed by atoms with Gasteiger partial charge in [0.1, 0.15) is 10.5 Å². The molecular formula is C17H15ClN4O2S. The highest BCUT2D eigenvalue weighted by Gasteiger charge is 2.20. The molecular weight excluding hydrogens is 360 g/mol. The summed E-state index contributed by atoms with van der Waals surface area (Å²) in [5.74, 6) is -0.663. The van der Waals surface area contributed by atoms with Crippen molar-refractivity contribution in [1.82, 2.24) is 20.2 Å². The Bertz CT molecular complexity index is 949. The molecule has 2 heterocycles. The summed E-state index contributed by atoms with van der Waals surface area (Å²) < 4.78 is 4.93. The molecule has 4 rings (SSSR count). The van der Waals surface area contributed by atoms with E-state index in [1.165, 1.54) is 23.4 Å². The number of aromatic nitrogens is 4. The van der Waals surface area contributed by atoms with Crippen LogP contribution < -0.4 is 0 Å². The van der Waals surface area contributed by atoms with Gasteiger partial charge in [0.05, 0.1) is 17.8 Å². The molecule has 128 valence electrons. The molecule has 0 amide bonds. The van der Waals surface area contributed by atoms with Crippen LogP contribution >= 0.6 is 22.9 Å². The standard InChI is InChI=1S/C17H15ClN4O2S/c1-2-24-17(23)15-19-12-8-9(18)7-10(14(12)21-22-15)16-20-11-5-3-4-6-13(11)25-16/h7-8H,2-6H2,1H3. The fourth-order valence-electron chi connectivity index (χ4n) is 2.92. The molecule has 6 nitrogen and oxygen atoms in total. The van der Waals surface area contributed by atoms with Crippen molar-refractivity contribution in [2.75, 3.05) is 6.61 Å². The van der Waals surface area contributed by atoms with Gasteiger partial charge in [0.25, 0.3) is 5.82 Å². The van der Waals surface area contributed by atoms with Crippen molar-refractivity contribution in [3.05, 3.63) is 33.6 Å². The van der Waals surface area contributed by atoms with E-state index in [0.717, 1.165) is 23.4 Å². The zero-order valence-electron chi connectivity index (χ0n) is 13.6. The van der Waals surface area contributed by atoms with Crippen LogP contribution in [0.1, 0.15) is 41.0 Å².